The topological polar surface area (TPSA) is 41.1 Å². The smallest absolute Gasteiger partial charge is 0.242 e. The van der Waals surface area contributed by atoms with Crippen LogP contribution >= 0.6 is 11.8 Å². The number of hydrogen-bond donors (Lipinski definition) is 2. The van der Waals surface area contributed by atoms with Gasteiger partial charge >= 0.3 is 0 Å². The van der Waals surface area contributed by atoms with Crippen LogP contribution in [-0.2, 0) is 4.79 Å². The van der Waals surface area contributed by atoms with Crippen LogP contribution in [0.15, 0.2) is 6.07 Å². The molecular formula is C11H10F4N2OS. The Bertz CT molecular complexity index is 480. The van der Waals surface area contributed by atoms with Crippen molar-refractivity contribution in [1.29, 1.82) is 0 Å². The molecule has 1 saturated heterocycles. The van der Waals surface area contributed by atoms with Gasteiger partial charge in [0.05, 0.1) is 6.04 Å². The van der Waals surface area contributed by atoms with Crippen LogP contribution in [0.4, 0.5) is 23.2 Å². The van der Waals surface area contributed by atoms with E-state index >= 15 is 0 Å². The zero-order valence-electron chi connectivity index (χ0n) is 9.60. The van der Waals surface area contributed by atoms with E-state index in [2.05, 4.69) is 5.32 Å². The number of carbonyl (C=O) groups is 1. The summed E-state index contributed by atoms with van der Waals surface area (Å²) in [5, 5.41) is 4.73. The molecule has 0 saturated carbocycles. The Hall–Kier alpha value is -1.28. The molecule has 1 aliphatic heterocycles. The van der Waals surface area contributed by atoms with E-state index in [9.17, 15) is 22.4 Å². The highest BCUT2D eigenvalue weighted by atomic mass is 32.2. The lowest BCUT2D eigenvalue weighted by Crippen LogP contribution is -2.46. The van der Waals surface area contributed by atoms with Gasteiger partial charge < -0.3 is 10.6 Å². The standard InChI is InChI=1S/C11H10F4N2OS/c12-5-3-6(13)9(15)10(8(5)14)17-11(18)7-4-19-2-1-16-7/h3,7,16H,1-2,4H2,(H,17,18). The van der Waals surface area contributed by atoms with Gasteiger partial charge in [-0.2, -0.15) is 11.8 Å². The van der Waals surface area contributed by atoms with Gasteiger partial charge in [0, 0.05) is 24.1 Å². The summed E-state index contributed by atoms with van der Waals surface area (Å²) in [6, 6.07) is -0.557. The molecule has 0 radical (unpaired) electrons. The minimum Gasteiger partial charge on any atom is -0.320 e. The number of halogens is 4. The second-order valence-electron chi connectivity index (χ2n) is 3.91. The van der Waals surface area contributed by atoms with Crippen LogP contribution < -0.4 is 10.6 Å². The SMILES string of the molecule is O=C(Nc1c(F)c(F)cc(F)c1F)C1CSCCN1. The summed E-state index contributed by atoms with van der Waals surface area (Å²) in [7, 11) is 0. The van der Waals surface area contributed by atoms with Crippen molar-refractivity contribution in [2.24, 2.45) is 0 Å². The predicted octanol–water partition coefficient (Wildman–Crippen LogP) is 1.89. The van der Waals surface area contributed by atoms with E-state index in [1.807, 2.05) is 5.32 Å². The molecule has 8 heteroatoms. The number of rotatable bonds is 2. The molecule has 1 aromatic rings. The molecule has 1 fully saturated rings. The lowest BCUT2D eigenvalue weighted by molar-refractivity contribution is -0.117. The number of carbonyl (C=O) groups excluding carboxylic acids is 1. The summed E-state index contributed by atoms with van der Waals surface area (Å²) in [5.74, 6) is -5.82. The third kappa shape index (κ3) is 3.01. The molecule has 1 unspecified atom stereocenters. The van der Waals surface area contributed by atoms with Gasteiger partial charge in [-0.15, -0.1) is 0 Å². The first-order valence-electron chi connectivity index (χ1n) is 5.45. The number of anilines is 1. The van der Waals surface area contributed by atoms with Gasteiger partial charge in [0.1, 0.15) is 5.69 Å². The highest BCUT2D eigenvalue weighted by Crippen LogP contribution is 2.24. The van der Waals surface area contributed by atoms with E-state index in [-0.39, 0.29) is 6.07 Å². The largest absolute Gasteiger partial charge is 0.320 e. The number of nitrogens with one attached hydrogen (secondary N) is 2. The quantitative estimate of drug-likeness (QED) is 0.646. The summed E-state index contributed by atoms with van der Waals surface area (Å²) in [6.45, 7) is 0.575. The molecule has 0 aliphatic carbocycles. The number of benzene rings is 1. The third-order valence-corrected chi connectivity index (χ3v) is 3.66. The Morgan fingerprint density at radius 1 is 1.26 bits per heavy atom. The zero-order valence-corrected chi connectivity index (χ0v) is 10.4. The number of thioether (sulfide) groups is 1. The normalized spacial score (nSPS) is 19.3. The second-order valence-corrected chi connectivity index (χ2v) is 5.06. The Morgan fingerprint density at radius 2 is 1.89 bits per heavy atom. The minimum atomic E-state index is -1.62. The molecule has 1 amide bonds. The maximum Gasteiger partial charge on any atom is 0.242 e. The fourth-order valence-corrected chi connectivity index (χ4v) is 2.56. The molecular weight excluding hydrogens is 284 g/mol. The molecule has 0 spiro atoms. The van der Waals surface area contributed by atoms with E-state index in [4.69, 9.17) is 0 Å². The van der Waals surface area contributed by atoms with Crippen LogP contribution in [0.3, 0.4) is 0 Å². The molecule has 1 aliphatic rings. The van der Waals surface area contributed by atoms with E-state index in [0.29, 0.717) is 12.3 Å². The molecule has 2 N–H and O–H groups in total. The van der Waals surface area contributed by atoms with Gasteiger partial charge in [-0.1, -0.05) is 0 Å². The first-order chi connectivity index (χ1) is 9.00. The predicted molar refractivity (Wildman–Crippen MR) is 64.0 cm³/mol. The van der Waals surface area contributed by atoms with Gasteiger partial charge in [0.2, 0.25) is 5.91 Å². The highest BCUT2D eigenvalue weighted by Gasteiger charge is 2.25. The molecule has 2 rings (SSSR count). The van der Waals surface area contributed by atoms with Crippen molar-refractivity contribution in [3.05, 3.63) is 29.3 Å². The number of amides is 1. The second kappa shape index (κ2) is 5.79. The summed E-state index contributed by atoms with van der Waals surface area (Å²) in [4.78, 5) is 11.7. The molecule has 0 bridgehead atoms. The van der Waals surface area contributed by atoms with E-state index in [0.717, 1.165) is 5.75 Å². The van der Waals surface area contributed by atoms with Gasteiger partial charge in [-0.05, 0) is 0 Å². The van der Waals surface area contributed by atoms with E-state index in [1.165, 1.54) is 11.8 Å². The molecule has 19 heavy (non-hydrogen) atoms. The van der Waals surface area contributed by atoms with Crippen molar-refractivity contribution in [2.75, 3.05) is 23.4 Å². The van der Waals surface area contributed by atoms with Crippen LogP contribution in [0.2, 0.25) is 0 Å². The van der Waals surface area contributed by atoms with Crippen molar-refractivity contribution in [3.8, 4) is 0 Å². The maximum atomic E-state index is 13.3. The first-order valence-corrected chi connectivity index (χ1v) is 6.61. The molecule has 104 valence electrons. The lowest BCUT2D eigenvalue weighted by atomic mass is 10.2. The average Bonchev–Trinajstić information content (AvgIpc) is 2.42. The van der Waals surface area contributed by atoms with Crippen LogP contribution in [0.1, 0.15) is 0 Å². The molecule has 3 nitrogen and oxygen atoms in total. The highest BCUT2D eigenvalue weighted by molar-refractivity contribution is 7.99. The summed E-state index contributed by atoms with van der Waals surface area (Å²) >= 11 is 1.50. The minimum absolute atomic E-state index is 0.0923. The summed E-state index contributed by atoms with van der Waals surface area (Å²) in [6.07, 6.45) is 0. The first kappa shape index (κ1) is 14.1. The van der Waals surface area contributed by atoms with Crippen molar-refractivity contribution in [2.45, 2.75) is 6.04 Å². The summed E-state index contributed by atoms with van der Waals surface area (Å²) < 4.78 is 52.6. The third-order valence-electron chi connectivity index (χ3n) is 2.60. The average molecular weight is 294 g/mol. The van der Waals surface area contributed by atoms with Crippen molar-refractivity contribution >= 4 is 23.4 Å². The molecule has 1 heterocycles. The maximum absolute atomic E-state index is 13.3. The Morgan fingerprint density at radius 3 is 2.42 bits per heavy atom. The zero-order chi connectivity index (χ0) is 14.0. The van der Waals surface area contributed by atoms with E-state index in [1.54, 1.807) is 0 Å². The van der Waals surface area contributed by atoms with Crippen LogP contribution in [-0.4, -0.2) is 30.0 Å². The summed E-state index contributed by atoms with van der Waals surface area (Å²) in [5.41, 5.74) is -1.10. The van der Waals surface area contributed by atoms with Crippen molar-refractivity contribution in [1.82, 2.24) is 5.32 Å². The molecule has 0 aromatic heterocycles. The Labute approximate surface area is 110 Å². The van der Waals surface area contributed by atoms with Gasteiger partial charge in [0.25, 0.3) is 0 Å². The Balaban J connectivity index is 2.20. The van der Waals surface area contributed by atoms with Crippen LogP contribution in [0.5, 0.6) is 0 Å². The Kier molecular flexibility index (Phi) is 4.31. The van der Waals surface area contributed by atoms with Gasteiger partial charge in [-0.3, -0.25) is 4.79 Å². The molecule has 1 aromatic carbocycles. The fraction of sp³-hybridized carbons (Fsp3) is 0.364. The number of hydrogen-bond acceptors (Lipinski definition) is 3. The van der Waals surface area contributed by atoms with Crippen LogP contribution in [0.25, 0.3) is 0 Å². The van der Waals surface area contributed by atoms with Crippen molar-refractivity contribution in [3.63, 3.8) is 0 Å². The van der Waals surface area contributed by atoms with Gasteiger partial charge in [0.15, 0.2) is 23.3 Å². The van der Waals surface area contributed by atoms with Crippen molar-refractivity contribution < 1.29 is 22.4 Å². The monoisotopic (exact) mass is 294 g/mol. The van der Waals surface area contributed by atoms with E-state index < -0.39 is 40.9 Å². The lowest BCUT2D eigenvalue weighted by Gasteiger charge is -2.22. The van der Waals surface area contributed by atoms with Gasteiger partial charge in [-0.25, -0.2) is 17.6 Å². The van der Waals surface area contributed by atoms with Crippen LogP contribution in [0, 0.1) is 23.3 Å². The molecule has 1 atom stereocenters. The fourth-order valence-electron chi connectivity index (χ4n) is 1.63.